The molecule has 1 saturated heterocycles. The molecule has 2 aromatic heterocycles. The summed E-state index contributed by atoms with van der Waals surface area (Å²) >= 11 is 3.10. The lowest BCUT2D eigenvalue weighted by molar-refractivity contribution is -0.139. The number of morpholine rings is 1. The fraction of sp³-hybridized carbons (Fsp3) is 0.489. The number of benzene rings is 2. The summed E-state index contributed by atoms with van der Waals surface area (Å²) < 4.78 is 14.7. The topological polar surface area (TPSA) is 219 Å². The van der Waals surface area contributed by atoms with E-state index < -0.39 is 35.9 Å². The first-order chi connectivity index (χ1) is 30.1. The quantitative estimate of drug-likeness (QED) is 0.0686. The molecule has 2 aliphatic heterocycles. The van der Waals surface area contributed by atoms with E-state index in [1.807, 2.05) is 49.5 Å². The summed E-state index contributed by atoms with van der Waals surface area (Å²) in [5.74, 6) is -0.443. The van der Waals surface area contributed by atoms with Crippen molar-refractivity contribution in [2.75, 3.05) is 62.8 Å². The zero-order chi connectivity index (χ0) is 45.3. The minimum Gasteiger partial charge on any atom is -0.492 e. The second kappa shape index (κ2) is 21.5. The molecule has 4 aromatic rings. The number of thiazole rings is 1. The lowest BCUT2D eigenvalue weighted by Crippen LogP contribution is -2.46. The van der Waals surface area contributed by atoms with Gasteiger partial charge in [0.25, 0.3) is 0 Å². The molecule has 338 valence electrons. The van der Waals surface area contributed by atoms with E-state index in [0.717, 1.165) is 70.6 Å². The number of anilines is 1. The van der Waals surface area contributed by atoms with Crippen LogP contribution in [0.1, 0.15) is 53.9 Å². The van der Waals surface area contributed by atoms with Crippen LogP contribution in [0.5, 0.6) is 5.75 Å². The number of amidine groups is 1. The number of rotatable bonds is 21. The first-order valence-electron chi connectivity index (χ1n) is 21.2. The van der Waals surface area contributed by atoms with Gasteiger partial charge in [0.2, 0.25) is 5.91 Å². The average molecular weight is 903 g/mol. The normalized spacial score (nSPS) is 16.5. The molecule has 1 fully saturated rings. The van der Waals surface area contributed by atoms with E-state index in [-0.39, 0.29) is 47.9 Å². The second-order valence-electron chi connectivity index (χ2n) is 16.9. The van der Waals surface area contributed by atoms with Crippen LogP contribution in [0.15, 0.2) is 65.3 Å². The molecule has 0 aliphatic carbocycles. The maximum absolute atomic E-state index is 13.6. The highest BCUT2D eigenvalue weighted by molar-refractivity contribution is 7.99. The highest BCUT2D eigenvalue weighted by Gasteiger charge is 2.32. The number of nitrogens with zero attached hydrogens (tertiary/aromatic N) is 4. The number of aliphatic carboxylic acids is 1. The molecule has 3 amide bonds. The summed E-state index contributed by atoms with van der Waals surface area (Å²) in [7, 11) is 0. The lowest BCUT2D eigenvalue weighted by Gasteiger charge is -2.28. The Morgan fingerprint density at radius 2 is 1.81 bits per heavy atom. The van der Waals surface area contributed by atoms with Gasteiger partial charge in [0.1, 0.15) is 30.0 Å². The van der Waals surface area contributed by atoms with Crippen molar-refractivity contribution in [3.63, 3.8) is 0 Å². The van der Waals surface area contributed by atoms with E-state index in [1.165, 1.54) is 18.7 Å². The zero-order valence-corrected chi connectivity index (χ0v) is 38.1. The standard InChI is InChI=1S/C45H58N8O8S2/c1-27(20-28(2)54)29(3)41(56)36(49-40(55)13-11-34(46)42(57)58)25-62-26-45(4,5)31-21-39(47-23-31)51-43(59)48-32-8-6-30(7-9-32)35-24-53-37-12-10-33(22-38(37)63-44(53)50-35)61-19-16-52-14-17-60-18-15-52/h6-10,12,21-22,24,27,29,34,36H,11,13-20,23,25-26,46H2,1-5H3,(H,49,55)(H,57,58)(H2,47,48,51,59). The van der Waals surface area contributed by atoms with Crippen molar-refractivity contribution in [1.82, 2.24) is 24.9 Å². The van der Waals surface area contributed by atoms with Crippen LogP contribution in [0, 0.1) is 17.3 Å². The predicted molar refractivity (Wildman–Crippen MR) is 248 cm³/mol. The van der Waals surface area contributed by atoms with E-state index in [1.54, 1.807) is 18.3 Å². The number of nitrogens with one attached hydrogen (secondary N) is 3. The van der Waals surface area contributed by atoms with Crippen LogP contribution in [0.2, 0.25) is 0 Å². The molecule has 2 aromatic carbocycles. The molecule has 63 heavy (non-hydrogen) atoms. The summed E-state index contributed by atoms with van der Waals surface area (Å²) in [5.41, 5.74) is 9.60. The SMILES string of the molecule is CC(=O)CC(C)C(C)C(=O)C(CSCC(C)(C)C1=CC(NC(=O)Nc2ccc(-c3cn4c(n3)sc3cc(OCCN5CCOCC5)ccc34)cc2)=NC1)NC(=O)CCC(N)C(=O)O. The molecule has 4 heterocycles. The largest absolute Gasteiger partial charge is 0.492 e. The molecular weight excluding hydrogens is 845 g/mol. The number of ketones is 2. The fourth-order valence-electron chi connectivity index (χ4n) is 7.37. The number of carboxylic acids is 1. The fourth-order valence-corrected chi connectivity index (χ4v) is 9.70. The summed E-state index contributed by atoms with van der Waals surface area (Å²) in [6.07, 6.45) is 3.92. The van der Waals surface area contributed by atoms with Crippen molar-refractivity contribution in [1.29, 1.82) is 0 Å². The lowest BCUT2D eigenvalue weighted by atomic mass is 9.85. The van der Waals surface area contributed by atoms with Crippen molar-refractivity contribution in [3.05, 3.63) is 60.3 Å². The van der Waals surface area contributed by atoms with Crippen LogP contribution in [-0.2, 0) is 23.9 Å². The van der Waals surface area contributed by atoms with Crippen LogP contribution < -0.4 is 26.4 Å². The maximum Gasteiger partial charge on any atom is 0.324 e. The third kappa shape index (κ3) is 13.0. The monoisotopic (exact) mass is 902 g/mol. The molecule has 16 nitrogen and oxygen atoms in total. The number of imidazole rings is 1. The molecule has 2 aliphatic rings. The minimum absolute atomic E-state index is 0.0222. The highest BCUT2D eigenvalue weighted by Crippen LogP contribution is 2.34. The number of hydrogen-bond acceptors (Lipinski definition) is 13. The third-order valence-corrected chi connectivity index (χ3v) is 14.0. The van der Waals surface area contributed by atoms with Crippen LogP contribution in [0.25, 0.3) is 26.4 Å². The van der Waals surface area contributed by atoms with Gasteiger partial charge in [0.05, 0.1) is 41.7 Å². The Balaban J connectivity index is 0.986. The molecule has 18 heteroatoms. The van der Waals surface area contributed by atoms with Crippen LogP contribution in [0.4, 0.5) is 10.5 Å². The highest BCUT2D eigenvalue weighted by atomic mass is 32.2. The Bertz CT molecular complexity index is 2350. The molecule has 0 saturated carbocycles. The number of thioether (sulfide) groups is 1. The Labute approximate surface area is 375 Å². The van der Waals surface area contributed by atoms with Crippen molar-refractivity contribution in [2.45, 2.75) is 66.0 Å². The number of carboxylic acid groups (broad SMARTS) is 1. The van der Waals surface area contributed by atoms with Gasteiger partial charge in [-0.2, -0.15) is 11.8 Å². The van der Waals surface area contributed by atoms with Gasteiger partial charge in [-0.05, 0) is 66.7 Å². The minimum atomic E-state index is -1.20. The van der Waals surface area contributed by atoms with Gasteiger partial charge in [-0.25, -0.2) is 9.78 Å². The van der Waals surface area contributed by atoms with Crippen molar-refractivity contribution >= 4 is 79.3 Å². The van der Waals surface area contributed by atoms with Crippen LogP contribution in [0.3, 0.4) is 0 Å². The number of carbonyl (C=O) groups is 5. The molecule has 0 bridgehead atoms. The number of carbonyl (C=O) groups excluding carboxylic acids is 4. The number of Topliss-reactive ketones (excluding diaryl/α,β-unsaturated/α-hetero) is 2. The van der Waals surface area contributed by atoms with Gasteiger partial charge in [-0.3, -0.25) is 34.0 Å². The van der Waals surface area contributed by atoms with Crippen LogP contribution >= 0.6 is 23.1 Å². The summed E-state index contributed by atoms with van der Waals surface area (Å²) in [6.45, 7) is 14.5. The summed E-state index contributed by atoms with van der Waals surface area (Å²) in [6, 6.07) is 11.2. The number of aliphatic imine (C=N–C) groups is 1. The maximum atomic E-state index is 13.6. The van der Waals surface area contributed by atoms with Gasteiger partial charge in [0.15, 0.2) is 10.7 Å². The van der Waals surface area contributed by atoms with Gasteiger partial charge in [-0.1, -0.05) is 51.2 Å². The number of aromatic nitrogens is 2. The molecule has 4 atom stereocenters. The molecule has 6 rings (SSSR count). The van der Waals surface area contributed by atoms with E-state index in [4.69, 9.17) is 25.3 Å². The number of nitrogens with two attached hydrogens (primary N) is 1. The molecule has 4 unspecified atom stereocenters. The number of hydrogen-bond donors (Lipinski definition) is 5. The first-order valence-corrected chi connectivity index (χ1v) is 23.2. The van der Waals surface area contributed by atoms with Crippen LogP contribution in [-0.4, -0.2) is 124 Å². The zero-order valence-electron chi connectivity index (χ0n) is 36.5. The molecule has 0 spiro atoms. The molecule has 6 N–H and O–H groups in total. The van der Waals surface area contributed by atoms with E-state index in [9.17, 15) is 24.0 Å². The van der Waals surface area contributed by atoms with Crippen molar-refractivity contribution in [2.24, 2.45) is 28.0 Å². The predicted octanol–water partition coefficient (Wildman–Crippen LogP) is 5.64. The third-order valence-electron chi connectivity index (χ3n) is 11.5. The first kappa shape index (κ1) is 47.3. The van der Waals surface area contributed by atoms with E-state index in [2.05, 4.69) is 56.2 Å². The summed E-state index contributed by atoms with van der Waals surface area (Å²) in [4.78, 5) is 75.0. The van der Waals surface area contributed by atoms with Gasteiger partial charge in [-0.15, -0.1) is 0 Å². The van der Waals surface area contributed by atoms with Gasteiger partial charge < -0.3 is 35.7 Å². The molecular formula is C45H58N8O8S2. The number of ether oxygens (including phenoxy) is 2. The Morgan fingerprint density at radius 1 is 1.06 bits per heavy atom. The Morgan fingerprint density at radius 3 is 2.52 bits per heavy atom. The second-order valence-corrected chi connectivity index (χ2v) is 19.0. The van der Waals surface area contributed by atoms with Crippen molar-refractivity contribution < 1.29 is 38.6 Å². The number of urea groups is 1. The Kier molecular flexibility index (Phi) is 16.1. The van der Waals surface area contributed by atoms with Gasteiger partial charge >= 0.3 is 12.0 Å². The molecule has 0 radical (unpaired) electrons. The van der Waals surface area contributed by atoms with Crippen molar-refractivity contribution in [3.8, 4) is 17.0 Å². The Hall–Kier alpha value is -5.14. The average Bonchev–Trinajstić information content (AvgIpc) is 3.98. The van der Waals surface area contributed by atoms with E-state index in [0.29, 0.717) is 30.4 Å². The number of fused-ring (bicyclic) bond motifs is 3. The smallest absolute Gasteiger partial charge is 0.324 e. The summed E-state index contributed by atoms with van der Waals surface area (Å²) in [5, 5.41) is 17.6. The number of amides is 3. The van der Waals surface area contributed by atoms with E-state index >= 15 is 0 Å². The van der Waals surface area contributed by atoms with Gasteiger partial charge in [0, 0.05) is 67.3 Å².